The average molecular weight is 419 g/mol. The van der Waals surface area contributed by atoms with Crippen molar-refractivity contribution in [3.05, 3.63) is 66.0 Å². The minimum absolute atomic E-state index is 0.0212. The monoisotopic (exact) mass is 418 g/mol. The standard InChI is InChI=1S/C25H30N4O2/c1-2-28-21-12-7-6-11-20(21)26-24(28)22-13-8-14-29(22)25(30)23-18-27(15-16-31-23)17-19-9-4-3-5-10-19/h3-7,9-12,22-23H,2,8,13-18H2,1H3. The van der Waals surface area contributed by atoms with Crippen molar-refractivity contribution in [3.8, 4) is 0 Å². The van der Waals surface area contributed by atoms with Gasteiger partial charge in [-0.15, -0.1) is 0 Å². The maximum Gasteiger partial charge on any atom is 0.253 e. The lowest BCUT2D eigenvalue weighted by Crippen LogP contribution is -2.50. The molecule has 3 aromatic rings. The average Bonchev–Trinajstić information content (AvgIpc) is 3.43. The number of carbonyl (C=O) groups is 1. The van der Waals surface area contributed by atoms with Crippen LogP contribution in [0.2, 0.25) is 0 Å². The second-order valence-electron chi connectivity index (χ2n) is 8.47. The third kappa shape index (κ3) is 3.98. The van der Waals surface area contributed by atoms with E-state index in [1.807, 2.05) is 17.0 Å². The molecule has 1 amide bonds. The Labute approximate surface area is 183 Å². The number of ether oxygens (including phenoxy) is 1. The highest BCUT2D eigenvalue weighted by molar-refractivity contribution is 5.82. The smallest absolute Gasteiger partial charge is 0.253 e. The van der Waals surface area contributed by atoms with Crippen molar-refractivity contribution >= 4 is 16.9 Å². The minimum Gasteiger partial charge on any atom is -0.366 e. The molecule has 31 heavy (non-hydrogen) atoms. The molecule has 2 unspecified atom stereocenters. The van der Waals surface area contributed by atoms with Crippen molar-refractivity contribution in [1.29, 1.82) is 0 Å². The van der Waals surface area contributed by atoms with Crippen LogP contribution in [0.1, 0.15) is 37.2 Å². The van der Waals surface area contributed by atoms with E-state index < -0.39 is 6.10 Å². The van der Waals surface area contributed by atoms with Gasteiger partial charge in [0.2, 0.25) is 0 Å². The highest BCUT2D eigenvalue weighted by atomic mass is 16.5. The summed E-state index contributed by atoms with van der Waals surface area (Å²) in [6.07, 6.45) is 1.55. The van der Waals surface area contributed by atoms with Crippen LogP contribution in [0.5, 0.6) is 0 Å². The summed E-state index contributed by atoms with van der Waals surface area (Å²) >= 11 is 0. The highest BCUT2D eigenvalue weighted by Crippen LogP contribution is 2.34. The highest BCUT2D eigenvalue weighted by Gasteiger charge is 2.38. The van der Waals surface area contributed by atoms with E-state index in [-0.39, 0.29) is 11.9 Å². The fourth-order valence-electron chi connectivity index (χ4n) is 5.00. The molecule has 162 valence electrons. The summed E-state index contributed by atoms with van der Waals surface area (Å²) < 4.78 is 8.22. The minimum atomic E-state index is -0.405. The van der Waals surface area contributed by atoms with E-state index in [2.05, 4.69) is 58.9 Å². The first-order chi connectivity index (χ1) is 15.2. The van der Waals surface area contributed by atoms with Crippen LogP contribution in [0.3, 0.4) is 0 Å². The molecule has 0 radical (unpaired) electrons. The van der Waals surface area contributed by atoms with E-state index in [0.29, 0.717) is 13.2 Å². The lowest BCUT2D eigenvalue weighted by molar-refractivity contribution is -0.150. The summed E-state index contributed by atoms with van der Waals surface area (Å²) in [6.45, 7) is 6.70. The largest absolute Gasteiger partial charge is 0.366 e. The third-order valence-corrected chi connectivity index (χ3v) is 6.51. The predicted octanol–water partition coefficient (Wildman–Crippen LogP) is 3.62. The molecule has 3 heterocycles. The Kier molecular flexibility index (Phi) is 5.74. The fraction of sp³-hybridized carbons (Fsp3) is 0.440. The van der Waals surface area contributed by atoms with Gasteiger partial charge in [-0.2, -0.15) is 0 Å². The molecule has 2 aliphatic heterocycles. The fourth-order valence-corrected chi connectivity index (χ4v) is 5.00. The van der Waals surface area contributed by atoms with Crippen LogP contribution in [0.15, 0.2) is 54.6 Å². The Morgan fingerprint density at radius 2 is 1.90 bits per heavy atom. The molecule has 5 rings (SSSR count). The van der Waals surface area contributed by atoms with Crippen LogP contribution >= 0.6 is 0 Å². The zero-order chi connectivity index (χ0) is 21.2. The number of likely N-dealkylation sites (tertiary alicyclic amines) is 1. The number of hydrogen-bond donors (Lipinski definition) is 0. The van der Waals surface area contributed by atoms with E-state index in [9.17, 15) is 4.79 Å². The molecule has 6 heteroatoms. The van der Waals surface area contributed by atoms with Gasteiger partial charge < -0.3 is 14.2 Å². The van der Waals surface area contributed by atoms with Gasteiger partial charge in [-0.3, -0.25) is 9.69 Å². The number of rotatable bonds is 5. The van der Waals surface area contributed by atoms with Gasteiger partial charge in [0.05, 0.1) is 23.7 Å². The first-order valence-electron chi connectivity index (χ1n) is 11.4. The number of para-hydroxylation sites is 2. The van der Waals surface area contributed by atoms with Crippen molar-refractivity contribution in [3.63, 3.8) is 0 Å². The predicted molar refractivity (Wildman–Crippen MR) is 121 cm³/mol. The van der Waals surface area contributed by atoms with Crippen LogP contribution in [0.4, 0.5) is 0 Å². The number of hydrogen-bond acceptors (Lipinski definition) is 4. The quantitative estimate of drug-likeness (QED) is 0.635. The van der Waals surface area contributed by atoms with Crippen LogP contribution in [0.25, 0.3) is 11.0 Å². The molecule has 0 saturated carbocycles. The van der Waals surface area contributed by atoms with E-state index in [4.69, 9.17) is 9.72 Å². The van der Waals surface area contributed by atoms with Crippen molar-refractivity contribution in [2.75, 3.05) is 26.2 Å². The van der Waals surface area contributed by atoms with Gasteiger partial charge >= 0.3 is 0 Å². The van der Waals surface area contributed by atoms with Gasteiger partial charge in [-0.1, -0.05) is 42.5 Å². The van der Waals surface area contributed by atoms with Gasteiger partial charge in [0.25, 0.3) is 5.91 Å². The number of aromatic nitrogens is 2. The van der Waals surface area contributed by atoms with Crippen LogP contribution < -0.4 is 0 Å². The van der Waals surface area contributed by atoms with E-state index >= 15 is 0 Å². The Morgan fingerprint density at radius 1 is 1.10 bits per heavy atom. The zero-order valence-electron chi connectivity index (χ0n) is 18.1. The second-order valence-corrected chi connectivity index (χ2v) is 8.47. The summed E-state index contributed by atoms with van der Waals surface area (Å²) in [5.41, 5.74) is 3.41. The van der Waals surface area contributed by atoms with Gasteiger partial charge in [0, 0.05) is 32.7 Å². The molecule has 2 atom stereocenters. The van der Waals surface area contributed by atoms with Gasteiger partial charge in [0.15, 0.2) is 0 Å². The molecule has 2 aliphatic rings. The topological polar surface area (TPSA) is 50.6 Å². The summed E-state index contributed by atoms with van der Waals surface area (Å²) in [4.78, 5) is 22.8. The lowest BCUT2D eigenvalue weighted by atomic mass is 10.1. The molecule has 2 saturated heterocycles. The Hall–Kier alpha value is -2.70. The van der Waals surface area contributed by atoms with Crippen LogP contribution in [-0.2, 0) is 22.6 Å². The Bertz CT molecular complexity index is 1050. The molecule has 0 spiro atoms. The normalized spacial score (nSPS) is 22.3. The number of nitrogens with zero attached hydrogens (tertiary/aromatic N) is 4. The van der Waals surface area contributed by atoms with Crippen molar-refractivity contribution < 1.29 is 9.53 Å². The molecule has 0 aliphatic carbocycles. The summed E-state index contributed by atoms with van der Waals surface area (Å²) in [5.74, 6) is 1.11. The maximum absolute atomic E-state index is 13.5. The molecule has 1 aromatic heterocycles. The second kappa shape index (κ2) is 8.81. The molecular weight excluding hydrogens is 388 g/mol. The van der Waals surface area contributed by atoms with Crippen molar-refractivity contribution in [2.45, 2.75) is 45.0 Å². The number of carbonyl (C=O) groups excluding carboxylic acids is 1. The molecule has 0 bridgehead atoms. The zero-order valence-corrected chi connectivity index (χ0v) is 18.1. The molecule has 2 fully saturated rings. The van der Waals surface area contributed by atoms with E-state index in [1.165, 1.54) is 5.56 Å². The van der Waals surface area contributed by atoms with Gasteiger partial charge in [-0.25, -0.2) is 4.98 Å². The molecule has 6 nitrogen and oxygen atoms in total. The first kappa shape index (κ1) is 20.2. The Balaban J connectivity index is 1.34. The van der Waals surface area contributed by atoms with E-state index in [0.717, 1.165) is 55.9 Å². The Morgan fingerprint density at radius 3 is 2.74 bits per heavy atom. The third-order valence-electron chi connectivity index (χ3n) is 6.51. The number of amides is 1. The molecule has 2 aromatic carbocycles. The lowest BCUT2D eigenvalue weighted by Gasteiger charge is -2.35. The van der Waals surface area contributed by atoms with E-state index in [1.54, 1.807) is 0 Å². The number of aryl methyl sites for hydroxylation is 1. The summed E-state index contributed by atoms with van der Waals surface area (Å²) in [5, 5.41) is 0. The van der Waals surface area contributed by atoms with Crippen molar-refractivity contribution in [1.82, 2.24) is 19.4 Å². The van der Waals surface area contributed by atoms with Crippen LogP contribution in [0, 0.1) is 0 Å². The van der Waals surface area contributed by atoms with Crippen LogP contribution in [-0.4, -0.2) is 57.6 Å². The number of fused-ring (bicyclic) bond motifs is 1. The first-order valence-corrected chi connectivity index (χ1v) is 11.4. The number of benzene rings is 2. The summed E-state index contributed by atoms with van der Waals surface area (Å²) in [7, 11) is 0. The number of morpholine rings is 1. The molecule has 0 N–H and O–H groups in total. The van der Waals surface area contributed by atoms with Crippen molar-refractivity contribution in [2.24, 2.45) is 0 Å². The number of imidazole rings is 1. The summed E-state index contributed by atoms with van der Waals surface area (Å²) in [6, 6.07) is 18.7. The molecular formula is C25H30N4O2. The maximum atomic E-state index is 13.5. The SMILES string of the molecule is CCn1c(C2CCCN2C(=O)C2CN(Cc3ccccc3)CCO2)nc2ccccc21. The van der Waals surface area contributed by atoms with Gasteiger partial charge in [0.1, 0.15) is 11.9 Å². The van der Waals surface area contributed by atoms with Gasteiger partial charge in [-0.05, 0) is 37.5 Å².